The van der Waals surface area contributed by atoms with E-state index in [-0.39, 0.29) is 30.0 Å². The van der Waals surface area contributed by atoms with E-state index in [2.05, 4.69) is 16.4 Å². The number of aromatic nitrogens is 2. The molecule has 0 spiro atoms. The van der Waals surface area contributed by atoms with Crippen LogP contribution in [0.4, 0.5) is 0 Å². The summed E-state index contributed by atoms with van der Waals surface area (Å²) >= 11 is 0. The highest BCUT2D eigenvalue weighted by Gasteiger charge is 2.35. The predicted octanol–water partition coefficient (Wildman–Crippen LogP) is 1.69. The molecule has 1 unspecified atom stereocenters. The Kier molecular flexibility index (Phi) is 7.31. The molecule has 1 saturated heterocycles. The molecule has 10 nitrogen and oxygen atoms in total. The van der Waals surface area contributed by atoms with Crippen LogP contribution in [0.5, 0.6) is 0 Å². The summed E-state index contributed by atoms with van der Waals surface area (Å²) < 4.78 is 1.77. The van der Waals surface area contributed by atoms with E-state index in [4.69, 9.17) is 5.73 Å². The molecule has 0 saturated carbocycles. The second-order valence-corrected chi connectivity index (χ2v) is 11.2. The van der Waals surface area contributed by atoms with Gasteiger partial charge in [0.15, 0.2) is 0 Å². The van der Waals surface area contributed by atoms with Gasteiger partial charge in [0.1, 0.15) is 6.04 Å². The molecule has 1 atom stereocenters. The van der Waals surface area contributed by atoms with E-state index in [1.165, 1.54) is 5.56 Å². The standard InChI is InChI=1S/C29H36N6O4/c1-29(2,30)27(38)31-23(17-25(36)34-14-11-19-7-3-4-8-20(19)18-34)26(37)33-15-12-21(13-16-33)35-24-10-6-5-9-22(24)32-28(35)39/h3-10,21,23H,11-18,30H2,1-2H3,(H,31,38)(H,32,39). The van der Waals surface area contributed by atoms with E-state index in [0.717, 1.165) is 23.0 Å². The number of carbonyl (C=O) groups excluding carboxylic acids is 3. The Labute approximate surface area is 227 Å². The smallest absolute Gasteiger partial charge is 0.326 e. The number of nitrogens with zero attached hydrogens (tertiary/aromatic N) is 3. The summed E-state index contributed by atoms with van der Waals surface area (Å²) in [4.78, 5) is 58.8. The van der Waals surface area contributed by atoms with Crippen molar-refractivity contribution in [2.24, 2.45) is 5.73 Å². The molecule has 206 valence electrons. The second-order valence-electron chi connectivity index (χ2n) is 11.2. The first-order valence-corrected chi connectivity index (χ1v) is 13.5. The minimum Gasteiger partial charge on any atom is -0.342 e. The Morgan fingerprint density at radius 3 is 2.38 bits per heavy atom. The Morgan fingerprint density at radius 1 is 1.00 bits per heavy atom. The van der Waals surface area contributed by atoms with Crippen molar-refractivity contribution in [2.45, 2.75) is 63.7 Å². The van der Waals surface area contributed by atoms with Gasteiger partial charge in [0.25, 0.3) is 0 Å². The lowest BCUT2D eigenvalue weighted by Gasteiger charge is -2.36. The highest BCUT2D eigenvalue weighted by atomic mass is 16.2. The maximum Gasteiger partial charge on any atom is 0.326 e. The van der Waals surface area contributed by atoms with Gasteiger partial charge >= 0.3 is 5.69 Å². The lowest BCUT2D eigenvalue weighted by atomic mass is 9.98. The summed E-state index contributed by atoms with van der Waals surface area (Å²) in [6.45, 7) is 5.02. The minimum absolute atomic E-state index is 0.0521. The van der Waals surface area contributed by atoms with Gasteiger partial charge in [-0.3, -0.25) is 19.0 Å². The zero-order chi connectivity index (χ0) is 27.7. The number of imidazole rings is 1. The van der Waals surface area contributed by atoms with E-state index in [9.17, 15) is 19.2 Å². The van der Waals surface area contributed by atoms with E-state index in [1.54, 1.807) is 28.2 Å². The van der Waals surface area contributed by atoms with Crippen molar-refractivity contribution in [3.05, 3.63) is 70.1 Å². The van der Waals surface area contributed by atoms with Crippen molar-refractivity contribution >= 4 is 28.8 Å². The molecule has 1 fully saturated rings. The van der Waals surface area contributed by atoms with E-state index in [0.29, 0.717) is 39.0 Å². The summed E-state index contributed by atoms with van der Waals surface area (Å²) in [6.07, 6.45) is 1.80. The molecule has 3 amide bonds. The molecule has 10 heteroatoms. The average molecular weight is 533 g/mol. The lowest BCUT2D eigenvalue weighted by Crippen LogP contribution is -2.58. The molecule has 0 aliphatic carbocycles. The van der Waals surface area contributed by atoms with Crippen molar-refractivity contribution in [3.63, 3.8) is 0 Å². The summed E-state index contributed by atoms with van der Waals surface area (Å²) in [5.74, 6) is -0.973. The molecular weight excluding hydrogens is 496 g/mol. The minimum atomic E-state index is -1.20. The Morgan fingerprint density at radius 2 is 1.67 bits per heavy atom. The molecule has 0 radical (unpaired) electrons. The van der Waals surface area contributed by atoms with Crippen molar-refractivity contribution in [1.29, 1.82) is 0 Å². The maximum atomic E-state index is 13.7. The van der Waals surface area contributed by atoms with Gasteiger partial charge in [0.2, 0.25) is 17.7 Å². The number of hydrogen-bond donors (Lipinski definition) is 3. The number of fused-ring (bicyclic) bond motifs is 2. The third-order valence-electron chi connectivity index (χ3n) is 7.82. The SMILES string of the molecule is CC(C)(N)C(=O)NC(CC(=O)N1CCc2ccccc2C1)C(=O)N1CCC(n2c(=O)[nH]c3ccccc32)CC1. The Bertz CT molecular complexity index is 1440. The number of amides is 3. The van der Waals surface area contributed by atoms with Gasteiger partial charge in [0, 0.05) is 32.2 Å². The fourth-order valence-electron chi connectivity index (χ4n) is 5.56. The lowest BCUT2D eigenvalue weighted by molar-refractivity contribution is -0.142. The number of rotatable bonds is 6. The van der Waals surface area contributed by atoms with Gasteiger partial charge in [0.05, 0.1) is 23.0 Å². The molecule has 1 aromatic heterocycles. The van der Waals surface area contributed by atoms with Crippen LogP contribution in [0.2, 0.25) is 0 Å². The van der Waals surface area contributed by atoms with Crippen LogP contribution in [0.1, 0.15) is 50.3 Å². The number of para-hydroxylation sites is 2. The number of aromatic amines is 1. The van der Waals surface area contributed by atoms with Crippen LogP contribution in [0, 0.1) is 0 Å². The molecule has 2 aliphatic heterocycles. The summed E-state index contributed by atoms with van der Waals surface area (Å²) in [7, 11) is 0. The van der Waals surface area contributed by atoms with E-state index in [1.807, 2.05) is 42.5 Å². The highest BCUT2D eigenvalue weighted by Crippen LogP contribution is 2.26. The van der Waals surface area contributed by atoms with Crippen LogP contribution >= 0.6 is 0 Å². The van der Waals surface area contributed by atoms with Crippen molar-refractivity contribution in [1.82, 2.24) is 24.7 Å². The quantitative estimate of drug-likeness (QED) is 0.444. The van der Waals surface area contributed by atoms with Gasteiger partial charge in [-0.2, -0.15) is 0 Å². The summed E-state index contributed by atoms with van der Waals surface area (Å²) in [5.41, 5.74) is 8.59. The maximum absolute atomic E-state index is 13.7. The van der Waals surface area contributed by atoms with Crippen LogP contribution in [0.15, 0.2) is 53.3 Å². The van der Waals surface area contributed by atoms with Crippen LogP contribution in [0.3, 0.4) is 0 Å². The van der Waals surface area contributed by atoms with Gasteiger partial charge in [-0.15, -0.1) is 0 Å². The third kappa shape index (κ3) is 5.61. The summed E-state index contributed by atoms with van der Waals surface area (Å²) in [5, 5.41) is 2.75. The van der Waals surface area contributed by atoms with Crippen LogP contribution < -0.4 is 16.7 Å². The van der Waals surface area contributed by atoms with Crippen molar-refractivity contribution in [3.8, 4) is 0 Å². The number of hydrogen-bond acceptors (Lipinski definition) is 5. The predicted molar refractivity (Wildman–Crippen MR) is 148 cm³/mol. The van der Waals surface area contributed by atoms with E-state index >= 15 is 0 Å². The molecule has 4 N–H and O–H groups in total. The normalized spacial score (nSPS) is 17.1. The molecular formula is C29H36N6O4. The van der Waals surface area contributed by atoms with Crippen molar-refractivity contribution in [2.75, 3.05) is 19.6 Å². The Balaban J connectivity index is 1.28. The van der Waals surface area contributed by atoms with Crippen LogP contribution in [0.25, 0.3) is 11.0 Å². The number of likely N-dealkylation sites (tertiary alicyclic amines) is 1. The van der Waals surface area contributed by atoms with Gasteiger partial charge in [-0.1, -0.05) is 36.4 Å². The monoisotopic (exact) mass is 532 g/mol. The largest absolute Gasteiger partial charge is 0.342 e. The number of H-pyrrole nitrogens is 1. The van der Waals surface area contributed by atoms with Gasteiger partial charge in [-0.05, 0) is 56.4 Å². The number of nitrogens with one attached hydrogen (secondary N) is 2. The fraction of sp³-hybridized carbons (Fsp3) is 0.448. The summed E-state index contributed by atoms with van der Waals surface area (Å²) in [6, 6.07) is 14.5. The van der Waals surface area contributed by atoms with Crippen molar-refractivity contribution < 1.29 is 14.4 Å². The molecule has 5 rings (SSSR count). The Hall–Kier alpha value is -3.92. The number of benzene rings is 2. The fourth-order valence-corrected chi connectivity index (χ4v) is 5.56. The average Bonchev–Trinajstić information content (AvgIpc) is 3.27. The third-order valence-corrected chi connectivity index (χ3v) is 7.82. The first-order chi connectivity index (χ1) is 18.6. The first-order valence-electron chi connectivity index (χ1n) is 13.5. The number of nitrogens with two attached hydrogens (primary N) is 1. The molecule has 39 heavy (non-hydrogen) atoms. The highest BCUT2D eigenvalue weighted by molar-refractivity contribution is 5.94. The number of piperidine rings is 1. The molecule has 2 aliphatic rings. The first kappa shape index (κ1) is 26.7. The van der Waals surface area contributed by atoms with Crippen LogP contribution in [-0.2, 0) is 27.3 Å². The molecule has 0 bridgehead atoms. The van der Waals surface area contributed by atoms with Crippen LogP contribution in [-0.4, -0.2) is 68.3 Å². The number of carbonyl (C=O) groups is 3. The second kappa shape index (κ2) is 10.7. The van der Waals surface area contributed by atoms with E-state index < -0.39 is 17.5 Å². The molecule has 3 aromatic rings. The molecule has 2 aromatic carbocycles. The zero-order valence-electron chi connectivity index (χ0n) is 22.5. The zero-order valence-corrected chi connectivity index (χ0v) is 22.5. The molecule has 3 heterocycles. The van der Waals surface area contributed by atoms with Gasteiger partial charge in [-0.25, -0.2) is 4.79 Å². The van der Waals surface area contributed by atoms with Gasteiger partial charge < -0.3 is 25.8 Å². The topological polar surface area (TPSA) is 134 Å².